The molecule has 1 aromatic heterocycles. The summed E-state index contributed by atoms with van der Waals surface area (Å²) in [6.45, 7) is 1.87. The summed E-state index contributed by atoms with van der Waals surface area (Å²) < 4.78 is 1.91. The van der Waals surface area contributed by atoms with Crippen molar-refractivity contribution in [1.29, 1.82) is 0 Å². The van der Waals surface area contributed by atoms with Gasteiger partial charge in [-0.25, -0.2) is 4.98 Å². The smallest absolute Gasteiger partial charge is 0.247 e. The fourth-order valence-corrected chi connectivity index (χ4v) is 1.85. The number of anilines is 1. The molecule has 1 N–H and O–H groups in total. The highest BCUT2D eigenvalue weighted by Crippen LogP contribution is 2.29. The van der Waals surface area contributed by atoms with Gasteiger partial charge < -0.3 is 9.88 Å². The molecule has 0 fully saturated rings. The Balaban J connectivity index is 2.44. The first-order chi connectivity index (χ1) is 6.77. The predicted molar refractivity (Wildman–Crippen MR) is 53.1 cm³/mol. The first-order valence-electron chi connectivity index (χ1n) is 4.54. The fraction of sp³-hybridized carbons (Fsp3) is 0.200. The van der Waals surface area contributed by atoms with E-state index < -0.39 is 0 Å². The molecule has 0 unspecified atom stereocenters. The average Bonchev–Trinajstić information content (AvgIpc) is 2.60. The van der Waals surface area contributed by atoms with Gasteiger partial charge in [0.1, 0.15) is 6.04 Å². The normalized spacial score (nSPS) is 19.8. The second kappa shape index (κ2) is 2.35. The van der Waals surface area contributed by atoms with E-state index in [9.17, 15) is 4.79 Å². The summed E-state index contributed by atoms with van der Waals surface area (Å²) in [5, 5.41) is 2.86. The van der Waals surface area contributed by atoms with Gasteiger partial charge in [0.15, 0.2) is 0 Å². The van der Waals surface area contributed by atoms with Gasteiger partial charge in [-0.15, -0.1) is 0 Å². The van der Waals surface area contributed by atoms with Crippen LogP contribution in [-0.4, -0.2) is 15.5 Å². The van der Waals surface area contributed by atoms with Crippen LogP contribution in [0, 0.1) is 0 Å². The van der Waals surface area contributed by atoms with Gasteiger partial charge in [-0.2, -0.15) is 0 Å². The van der Waals surface area contributed by atoms with Crippen LogP contribution in [0.15, 0.2) is 24.5 Å². The van der Waals surface area contributed by atoms with Crippen molar-refractivity contribution < 1.29 is 4.79 Å². The van der Waals surface area contributed by atoms with Crippen molar-refractivity contribution in [1.82, 2.24) is 9.55 Å². The van der Waals surface area contributed by atoms with Crippen molar-refractivity contribution in [3.05, 3.63) is 24.5 Å². The van der Waals surface area contributed by atoms with Crippen molar-refractivity contribution in [2.24, 2.45) is 0 Å². The van der Waals surface area contributed by atoms with Crippen molar-refractivity contribution in [2.45, 2.75) is 13.0 Å². The van der Waals surface area contributed by atoms with Gasteiger partial charge in [0.25, 0.3) is 0 Å². The number of hydrogen-bond donors (Lipinski definition) is 1. The number of aromatic nitrogens is 2. The molecular formula is C10H9N3O. The first kappa shape index (κ1) is 7.55. The molecule has 1 aliphatic rings. The topological polar surface area (TPSA) is 46.9 Å². The number of hydrogen-bond acceptors (Lipinski definition) is 2. The molecule has 0 aliphatic carbocycles. The summed E-state index contributed by atoms with van der Waals surface area (Å²) in [5.41, 5.74) is 2.79. The highest BCUT2D eigenvalue weighted by molar-refractivity contribution is 6.04. The maximum absolute atomic E-state index is 11.5. The second-order valence-corrected chi connectivity index (χ2v) is 3.49. The lowest BCUT2D eigenvalue weighted by molar-refractivity contribution is -0.118. The summed E-state index contributed by atoms with van der Waals surface area (Å²) in [5.74, 6) is 0.0167. The Labute approximate surface area is 80.6 Å². The molecule has 1 aromatic carbocycles. The molecule has 0 bridgehead atoms. The highest BCUT2D eigenvalue weighted by atomic mass is 16.2. The molecule has 0 radical (unpaired) electrons. The Morgan fingerprint density at radius 2 is 2.36 bits per heavy atom. The van der Waals surface area contributed by atoms with E-state index in [4.69, 9.17) is 0 Å². The third-order valence-electron chi connectivity index (χ3n) is 2.65. The first-order valence-corrected chi connectivity index (χ1v) is 4.54. The van der Waals surface area contributed by atoms with Crippen LogP contribution in [0.1, 0.15) is 13.0 Å². The van der Waals surface area contributed by atoms with Crippen molar-refractivity contribution >= 4 is 22.6 Å². The maximum Gasteiger partial charge on any atom is 0.247 e. The molecule has 1 amide bonds. The molecule has 4 heteroatoms. The zero-order valence-electron chi connectivity index (χ0n) is 7.69. The molecule has 2 heterocycles. The van der Waals surface area contributed by atoms with E-state index in [1.165, 1.54) is 0 Å². The number of nitrogens with one attached hydrogen (secondary N) is 1. The minimum absolute atomic E-state index is 0.0167. The van der Waals surface area contributed by atoms with Gasteiger partial charge >= 0.3 is 0 Å². The minimum atomic E-state index is -0.171. The lowest BCUT2D eigenvalue weighted by Crippen LogP contribution is -2.27. The Hall–Kier alpha value is -1.84. The summed E-state index contributed by atoms with van der Waals surface area (Å²) in [6.07, 6.45) is 1.72. The summed E-state index contributed by atoms with van der Waals surface area (Å²) in [7, 11) is 0. The van der Waals surface area contributed by atoms with Crippen molar-refractivity contribution in [3.63, 3.8) is 0 Å². The molecule has 70 valence electrons. The number of para-hydroxylation sites is 1. The number of benzene rings is 1. The van der Waals surface area contributed by atoms with Crippen LogP contribution in [-0.2, 0) is 4.79 Å². The van der Waals surface area contributed by atoms with E-state index in [1.807, 2.05) is 29.7 Å². The summed E-state index contributed by atoms with van der Waals surface area (Å²) in [6, 6.07) is 5.56. The zero-order valence-corrected chi connectivity index (χ0v) is 7.69. The van der Waals surface area contributed by atoms with Gasteiger partial charge in [0.2, 0.25) is 5.91 Å². The van der Waals surface area contributed by atoms with E-state index in [-0.39, 0.29) is 11.9 Å². The monoisotopic (exact) mass is 187 g/mol. The number of nitrogens with zero attached hydrogens (tertiary/aromatic N) is 2. The number of carbonyl (C=O) groups is 1. The van der Waals surface area contributed by atoms with Crippen molar-refractivity contribution in [2.75, 3.05) is 5.32 Å². The van der Waals surface area contributed by atoms with Crippen LogP contribution < -0.4 is 5.32 Å². The Kier molecular flexibility index (Phi) is 1.27. The van der Waals surface area contributed by atoms with Gasteiger partial charge in [-0.3, -0.25) is 4.79 Å². The van der Waals surface area contributed by atoms with Crippen LogP contribution in [0.25, 0.3) is 11.0 Å². The molecule has 1 atom stereocenters. The number of amides is 1. The molecule has 0 saturated heterocycles. The standard InChI is InChI=1S/C10H9N3O/c1-6-10(14)12-8-4-2-3-7-9(8)13(6)5-11-7/h2-6H,1H3,(H,12,14)/t6-/m1/s1. The Morgan fingerprint density at radius 1 is 1.50 bits per heavy atom. The predicted octanol–water partition coefficient (Wildman–Crippen LogP) is 1.55. The molecule has 2 aromatic rings. The molecule has 3 rings (SSSR count). The minimum Gasteiger partial charge on any atom is -0.322 e. The summed E-state index contributed by atoms with van der Waals surface area (Å²) in [4.78, 5) is 15.8. The van der Waals surface area contributed by atoms with E-state index in [0.717, 1.165) is 16.7 Å². The molecule has 1 aliphatic heterocycles. The quantitative estimate of drug-likeness (QED) is 0.680. The number of imidazole rings is 1. The Morgan fingerprint density at radius 3 is 3.21 bits per heavy atom. The molecule has 4 nitrogen and oxygen atoms in total. The fourth-order valence-electron chi connectivity index (χ4n) is 1.85. The zero-order chi connectivity index (χ0) is 9.71. The molecule has 14 heavy (non-hydrogen) atoms. The van der Waals surface area contributed by atoms with Gasteiger partial charge in [0.05, 0.1) is 23.0 Å². The maximum atomic E-state index is 11.5. The molecule has 0 spiro atoms. The Bertz CT molecular complexity index is 529. The van der Waals surface area contributed by atoms with Crippen LogP contribution in [0.5, 0.6) is 0 Å². The number of carbonyl (C=O) groups excluding carboxylic acids is 1. The molecule has 0 saturated carbocycles. The van der Waals surface area contributed by atoms with Crippen LogP contribution in [0.2, 0.25) is 0 Å². The lowest BCUT2D eigenvalue weighted by Gasteiger charge is -2.21. The van der Waals surface area contributed by atoms with Crippen LogP contribution in [0.4, 0.5) is 5.69 Å². The average molecular weight is 187 g/mol. The van der Waals surface area contributed by atoms with Crippen LogP contribution in [0.3, 0.4) is 0 Å². The third-order valence-corrected chi connectivity index (χ3v) is 2.65. The van der Waals surface area contributed by atoms with Gasteiger partial charge in [-0.1, -0.05) is 6.07 Å². The highest BCUT2D eigenvalue weighted by Gasteiger charge is 2.24. The lowest BCUT2D eigenvalue weighted by atomic mass is 10.2. The van der Waals surface area contributed by atoms with Crippen LogP contribution >= 0.6 is 0 Å². The third kappa shape index (κ3) is 0.775. The van der Waals surface area contributed by atoms with Gasteiger partial charge in [0, 0.05) is 0 Å². The largest absolute Gasteiger partial charge is 0.322 e. The van der Waals surface area contributed by atoms with Crippen molar-refractivity contribution in [3.8, 4) is 0 Å². The van der Waals surface area contributed by atoms with Gasteiger partial charge in [-0.05, 0) is 19.1 Å². The van der Waals surface area contributed by atoms with E-state index in [1.54, 1.807) is 6.33 Å². The van der Waals surface area contributed by atoms with E-state index >= 15 is 0 Å². The van der Waals surface area contributed by atoms with E-state index in [0.29, 0.717) is 0 Å². The summed E-state index contributed by atoms with van der Waals surface area (Å²) >= 11 is 0. The molecular weight excluding hydrogens is 178 g/mol. The SMILES string of the molecule is C[C@@H]1C(=O)Nc2cccc3ncn1c23. The second-order valence-electron chi connectivity index (χ2n) is 3.49. The number of rotatable bonds is 0. The van der Waals surface area contributed by atoms with E-state index in [2.05, 4.69) is 10.3 Å².